The molecule has 1 saturated heterocycles. The Labute approximate surface area is 119 Å². The molecule has 0 aromatic heterocycles. The van der Waals surface area contributed by atoms with Crippen LogP contribution in [-0.2, 0) is 28.5 Å². The Morgan fingerprint density at radius 3 is 2.45 bits per heavy atom. The minimum atomic E-state index is -0.343. The average Bonchev–Trinajstić information content (AvgIpc) is 2.82. The first kappa shape index (κ1) is 16.9. The van der Waals surface area contributed by atoms with E-state index in [-0.39, 0.29) is 24.2 Å². The van der Waals surface area contributed by atoms with Crippen LogP contribution in [0.4, 0.5) is 0 Å². The molecule has 1 aliphatic heterocycles. The average molecular weight is 289 g/mol. The van der Waals surface area contributed by atoms with Crippen molar-refractivity contribution in [2.24, 2.45) is 5.92 Å². The van der Waals surface area contributed by atoms with E-state index in [0.29, 0.717) is 46.1 Å². The number of nitrogens with zero attached hydrogens (tertiary/aromatic N) is 1. The van der Waals surface area contributed by atoms with Crippen LogP contribution in [0.3, 0.4) is 0 Å². The first-order chi connectivity index (χ1) is 9.69. The summed E-state index contributed by atoms with van der Waals surface area (Å²) in [5.74, 6) is -0.696. The van der Waals surface area contributed by atoms with Crippen molar-refractivity contribution in [3.05, 3.63) is 0 Å². The van der Waals surface area contributed by atoms with Gasteiger partial charge in [-0.2, -0.15) is 0 Å². The molecule has 7 nitrogen and oxygen atoms in total. The lowest BCUT2D eigenvalue weighted by Gasteiger charge is -2.16. The van der Waals surface area contributed by atoms with Crippen molar-refractivity contribution in [2.45, 2.75) is 6.42 Å². The van der Waals surface area contributed by atoms with E-state index in [1.54, 1.807) is 12.0 Å². The highest BCUT2D eigenvalue weighted by Gasteiger charge is 2.34. The molecular formula is C13H23NO6. The summed E-state index contributed by atoms with van der Waals surface area (Å²) in [5, 5.41) is 0. The van der Waals surface area contributed by atoms with Gasteiger partial charge in [0, 0.05) is 26.6 Å². The molecule has 0 bridgehead atoms. The summed E-state index contributed by atoms with van der Waals surface area (Å²) < 4.78 is 20.1. The first-order valence-corrected chi connectivity index (χ1v) is 6.69. The topological polar surface area (TPSA) is 74.3 Å². The van der Waals surface area contributed by atoms with Gasteiger partial charge in [0.15, 0.2) is 0 Å². The zero-order valence-corrected chi connectivity index (χ0v) is 12.1. The third-order valence-corrected chi connectivity index (χ3v) is 3.06. The number of hydrogen-bond donors (Lipinski definition) is 0. The van der Waals surface area contributed by atoms with Gasteiger partial charge in [0.05, 0.1) is 46.1 Å². The van der Waals surface area contributed by atoms with Gasteiger partial charge in [-0.1, -0.05) is 0 Å². The van der Waals surface area contributed by atoms with Gasteiger partial charge in [0.2, 0.25) is 5.91 Å². The molecule has 1 atom stereocenters. The molecule has 7 heteroatoms. The molecular weight excluding hydrogens is 266 g/mol. The molecule has 1 aliphatic rings. The number of likely N-dealkylation sites (tertiary alicyclic amines) is 1. The molecule has 0 saturated carbocycles. The molecule has 0 aliphatic carbocycles. The summed E-state index contributed by atoms with van der Waals surface area (Å²) in [7, 11) is 2.96. The third kappa shape index (κ3) is 5.85. The summed E-state index contributed by atoms with van der Waals surface area (Å²) in [4.78, 5) is 24.6. The van der Waals surface area contributed by atoms with Gasteiger partial charge in [0.1, 0.15) is 0 Å². The Hall–Kier alpha value is -1.18. The molecule has 1 fully saturated rings. The quantitative estimate of drug-likeness (QED) is 0.405. The molecule has 0 radical (unpaired) electrons. The summed E-state index contributed by atoms with van der Waals surface area (Å²) in [6.45, 7) is 3.44. The molecule has 0 N–H and O–H groups in total. The lowest BCUT2D eigenvalue weighted by atomic mass is 10.1. The fourth-order valence-corrected chi connectivity index (χ4v) is 1.95. The van der Waals surface area contributed by atoms with Gasteiger partial charge in [-0.05, 0) is 0 Å². The van der Waals surface area contributed by atoms with E-state index >= 15 is 0 Å². The Balaban J connectivity index is 2.05. The first-order valence-electron chi connectivity index (χ1n) is 6.69. The largest absolute Gasteiger partial charge is 0.469 e. The Kier molecular flexibility index (Phi) is 8.17. The smallest absolute Gasteiger partial charge is 0.310 e. The third-order valence-electron chi connectivity index (χ3n) is 3.06. The van der Waals surface area contributed by atoms with Crippen LogP contribution in [0, 0.1) is 5.92 Å². The van der Waals surface area contributed by atoms with Crippen LogP contribution in [0.25, 0.3) is 0 Å². The van der Waals surface area contributed by atoms with Gasteiger partial charge in [-0.25, -0.2) is 0 Å². The van der Waals surface area contributed by atoms with Gasteiger partial charge in [-0.3, -0.25) is 9.59 Å². The van der Waals surface area contributed by atoms with Crippen molar-refractivity contribution in [1.29, 1.82) is 0 Å². The standard InChI is InChI=1S/C13H23NO6/c1-17-5-6-20-8-7-19-4-3-14-10-11(9-12(14)15)13(16)18-2/h11H,3-10H2,1-2H3. The second-order valence-corrected chi connectivity index (χ2v) is 4.48. The predicted octanol–water partition coefficient (Wildman–Crippen LogP) is -0.312. The maximum atomic E-state index is 11.7. The molecule has 0 aromatic carbocycles. The number of hydrogen-bond acceptors (Lipinski definition) is 6. The number of carbonyl (C=O) groups excluding carboxylic acids is 2. The number of ether oxygens (including phenoxy) is 4. The van der Waals surface area contributed by atoms with Crippen molar-refractivity contribution < 1.29 is 28.5 Å². The molecule has 1 amide bonds. The van der Waals surface area contributed by atoms with Crippen molar-refractivity contribution in [3.63, 3.8) is 0 Å². The summed E-state index contributed by atoms with van der Waals surface area (Å²) in [6.07, 6.45) is 0.229. The highest BCUT2D eigenvalue weighted by atomic mass is 16.5. The Morgan fingerprint density at radius 1 is 1.15 bits per heavy atom. The van der Waals surface area contributed by atoms with Crippen molar-refractivity contribution >= 4 is 11.9 Å². The molecule has 0 spiro atoms. The molecule has 20 heavy (non-hydrogen) atoms. The van der Waals surface area contributed by atoms with Crippen LogP contribution in [0.1, 0.15) is 6.42 Å². The second-order valence-electron chi connectivity index (χ2n) is 4.48. The molecule has 1 rings (SSSR count). The maximum absolute atomic E-state index is 11.7. The minimum absolute atomic E-state index is 0.0275. The van der Waals surface area contributed by atoms with Crippen molar-refractivity contribution in [3.8, 4) is 0 Å². The van der Waals surface area contributed by atoms with Crippen molar-refractivity contribution in [1.82, 2.24) is 4.90 Å². The fraction of sp³-hybridized carbons (Fsp3) is 0.846. The Bertz CT molecular complexity index is 309. The van der Waals surface area contributed by atoms with E-state index in [4.69, 9.17) is 14.2 Å². The zero-order chi connectivity index (χ0) is 14.8. The van der Waals surface area contributed by atoms with Crippen LogP contribution >= 0.6 is 0 Å². The van der Waals surface area contributed by atoms with Gasteiger partial charge >= 0.3 is 5.97 Å². The van der Waals surface area contributed by atoms with Crippen LogP contribution in [0.15, 0.2) is 0 Å². The second kappa shape index (κ2) is 9.68. The van der Waals surface area contributed by atoms with E-state index in [1.807, 2.05) is 0 Å². The Morgan fingerprint density at radius 2 is 1.80 bits per heavy atom. The monoisotopic (exact) mass is 289 g/mol. The van der Waals surface area contributed by atoms with Crippen LogP contribution in [0.2, 0.25) is 0 Å². The number of amides is 1. The van der Waals surface area contributed by atoms with Crippen LogP contribution in [0.5, 0.6) is 0 Å². The van der Waals surface area contributed by atoms with E-state index in [2.05, 4.69) is 4.74 Å². The number of carbonyl (C=O) groups is 2. The van der Waals surface area contributed by atoms with Gasteiger partial charge in [0.25, 0.3) is 0 Å². The zero-order valence-electron chi connectivity index (χ0n) is 12.1. The number of rotatable bonds is 10. The molecule has 1 unspecified atom stereocenters. The normalized spacial score (nSPS) is 18.6. The summed E-state index contributed by atoms with van der Waals surface area (Å²) >= 11 is 0. The summed E-state index contributed by atoms with van der Waals surface area (Å²) in [5.41, 5.74) is 0. The molecule has 1 heterocycles. The van der Waals surface area contributed by atoms with E-state index in [9.17, 15) is 9.59 Å². The number of esters is 1. The highest BCUT2D eigenvalue weighted by Crippen LogP contribution is 2.18. The maximum Gasteiger partial charge on any atom is 0.310 e. The molecule has 116 valence electrons. The summed E-state index contributed by atoms with van der Waals surface area (Å²) in [6, 6.07) is 0. The van der Waals surface area contributed by atoms with E-state index in [0.717, 1.165) is 0 Å². The highest BCUT2D eigenvalue weighted by molar-refractivity contribution is 5.86. The minimum Gasteiger partial charge on any atom is -0.469 e. The van der Waals surface area contributed by atoms with E-state index in [1.165, 1.54) is 7.11 Å². The van der Waals surface area contributed by atoms with Gasteiger partial charge < -0.3 is 23.8 Å². The van der Waals surface area contributed by atoms with Gasteiger partial charge in [-0.15, -0.1) is 0 Å². The fourth-order valence-electron chi connectivity index (χ4n) is 1.95. The SMILES string of the molecule is COCCOCCOCCN1CC(C(=O)OC)CC1=O. The predicted molar refractivity (Wildman–Crippen MR) is 70.2 cm³/mol. The van der Waals surface area contributed by atoms with E-state index < -0.39 is 0 Å². The molecule has 0 aromatic rings. The lowest BCUT2D eigenvalue weighted by Crippen LogP contribution is -2.30. The van der Waals surface area contributed by atoms with Crippen LogP contribution in [-0.4, -0.2) is 77.1 Å². The van der Waals surface area contributed by atoms with Crippen molar-refractivity contribution in [2.75, 3.05) is 60.3 Å². The number of methoxy groups -OCH3 is 2. The van der Waals surface area contributed by atoms with Crippen LogP contribution < -0.4 is 0 Å². The lowest BCUT2D eigenvalue weighted by molar-refractivity contribution is -0.145.